The molecule has 0 radical (unpaired) electrons. The molecule has 0 saturated carbocycles. The van der Waals surface area contributed by atoms with Crippen LogP contribution in [-0.4, -0.2) is 29.3 Å². The molecule has 0 amide bonds. The molecule has 1 aromatic heterocycles. The molecule has 108 valence electrons. The summed E-state index contributed by atoms with van der Waals surface area (Å²) in [6.45, 7) is 8.11. The van der Waals surface area contributed by atoms with Crippen LogP contribution < -0.4 is 5.32 Å². The molecule has 2 unspecified atom stereocenters. The van der Waals surface area contributed by atoms with Crippen molar-refractivity contribution in [3.8, 4) is 0 Å². The van der Waals surface area contributed by atoms with Gasteiger partial charge in [-0.2, -0.15) is 4.98 Å². The van der Waals surface area contributed by atoms with Crippen LogP contribution in [-0.2, 0) is 16.8 Å². The number of nitrogens with zero attached hydrogens (tertiary/aromatic N) is 2. The molecular weight excluding hydrogens is 242 g/mol. The molecule has 1 fully saturated rings. The molecule has 0 spiro atoms. The smallest absolute Gasteiger partial charge is 0.228 e. The van der Waals surface area contributed by atoms with Gasteiger partial charge in [-0.25, -0.2) is 0 Å². The van der Waals surface area contributed by atoms with E-state index in [0.29, 0.717) is 17.8 Å². The first kappa shape index (κ1) is 14.5. The predicted octanol–water partition coefficient (Wildman–Crippen LogP) is 2.42. The lowest BCUT2D eigenvalue weighted by Gasteiger charge is -2.17. The predicted molar refractivity (Wildman–Crippen MR) is 72.9 cm³/mol. The normalized spacial score (nSPS) is 24.8. The third-order valence-electron chi connectivity index (χ3n) is 3.71. The molecule has 0 bridgehead atoms. The second kappa shape index (κ2) is 6.48. The third kappa shape index (κ3) is 3.54. The third-order valence-corrected chi connectivity index (χ3v) is 3.71. The zero-order chi connectivity index (χ0) is 13.7. The van der Waals surface area contributed by atoms with E-state index in [4.69, 9.17) is 9.26 Å². The Bertz CT molecular complexity index is 380. The Kier molecular flexibility index (Phi) is 4.93. The van der Waals surface area contributed by atoms with Crippen LogP contribution in [0.3, 0.4) is 0 Å². The zero-order valence-corrected chi connectivity index (χ0v) is 12.2. The number of likely N-dealkylation sites (N-methyl/N-ethyl adjacent to an activating group) is 1. The molecule has 2 rings (SSSR count). The Morgan fingerprint density at radius 1 is 1.42 bits per heavy atom. The van der Waals surface area contributed by atoms with Crippen LogP contribution in [0.15, 0.2) is 4.52 Å². The first-order chi connectivity index (χ1) is 9.18. The quantitative estimate of drug-likeness (QED) is 0.822. The van der Waals surface area contributed by atoms with E-state index in [-0.39, 0.29) is 5.60 Å². The van der Waals surface area contributed by atoms with Gasteiger partial charge in [0.05, 0.1) is 0 Å². The number of aromatic nitrogens is 2. The van der Waals surface area contributed by atoms with E-state index in [1.54, 1.807) is 0 Å². The van der Waals surface area contributed by atoms with E-state index in [1.165, 1.54) is 0 Å². The molecule has 1 aliphatic rings. The number of hydrogen-bond donors (Lipinski definition) is 1. The van der Waals surface area contributed by atoms with Gasteiger partial charge in [-0.15, -0.1) is 0 Å². The maximum atomic E-state index is 5.74. The summed E-state index contributed by atoms with van der Waals surface area (Å²) in [7, 11) is 0. The van der Waals surface area contributed by atoms with Gasteiger partial charge in [-0.05, 0) is 32.7 Å². The zero-order valence-electron chi connectivity index (χ0n) is 12.2. The highest BCUT2D eigenvalue weighted by Gasteiger charge is 2.36. The van der Waals surface area contributed by atoms with Gasteiger partial charge >= 0.3 is 0 Å². The molecule has 1 aromatic rings. The number of ether oxygens (including phenoxy) is 1. The highest BCUT2D eigenvalue weighted by Crippen LogP contribution is 2.33. The lowest BCUT2D eigenvalue weighted by atomic mass is 10.0. The number of hydrogen-bond acceptors (Lipinski definition) is 5. The Balaban J connectivity index is 1.99. The van der Waals surface area contributed by atoms with Gasteiger partial charge in [-0.1, -0.05) is 25.4 Å². The molecular formula is C14H25N3O2. The largest absolute Gasteiger partial charge is 0.367 e. The summed E-state index contributed by atoms with van der Waals surface area (Å²) in [6, 6.07) is 0.417. The first-order valence-electron chi connectivity index (χ1n) is 7.38. The maximum Gasteiger partial charge on any atom is 0.228 e. The standard InChI is InChI=1S/C14H25N3O2/c1-4-7-11(15-5-2)10-12-16-13(17-19-12)14(3)8-6-9-18-14/h11,15H,4-10H2,1-3H3. The summed E-state index contributed by atoms with van der Waals surface area (Å²) in [5, 5.41) is 7.57. The van der Waals surface area contributed by atoms with Crippen molar-refractivity contribution in [1.82, 2.24) is 15.5 Å². The average molecular weight is 267 g/mol. The van der Waals surface area contributed by atoms with Crippen molar-refractivity contribution in [2.45, 2.75) is 64.5 Å². The van der Waals surface area contributed by atoms with Crippen molar-refractivity contribution < 1.29 is 9.26 Å². The van der Waals surface area contributed by atoms with Gasteiger partial charge in [0.15, 0.2) is 0 Å². The highest BCUT2D eigenvalue weighted by molar-refractivity contribution is 5.02. The van der Waals surface area contributed by atoms with E-state index < -0.39 is 0 Å². The minimum Gasteiger partial charge on any atom is -0.367 e. The Labute approximate surface area is 115 Å². The van der Waals surface area contributed by atoms with Crippen molar-refractivity contribution >= 4 is 0 Å². The molecule has 1 saturated heterocycles. The SMILES string of the molecule is CCCC(Cc1nc(C2(C)CCCO2)no1)NCC. The van der Waals surface area contributed by atoms with E-state index in [1.807, 2.05) is 6.92 Å². The summed E-state index contributed by atoms with van der Waals surface area (Å²) in [5.41, 5.74) is -0.347. The van der Waals surface area contributed by atoms with Gasteiger partial charge in [-0.3, -0.25) is 0 Å². The van der Waals surface area contributed by atoms with Crippen LogP contribution in [0.4, 0.5) is 0 Å². The average Bonchev–Trinajstić information content (AvgIpc) is 3.00. The Morgan fingerprint density at radius 3 is 2.89 bits per heavy atom. The van der Waals surface area contributed by atoms with Gasteiger partial charge in [0.25, 0.3) is 0 Å². The van der Waals surface area contributed by atoms with E-state index >= 15 is 0 Å². The fourth-order valence-corrected chi connectivity index (χ4v) is 2.63. The fraction of sp³-hybridized carbons (Fsp3) is 0.857. The Morgan fingerprint density at radius 2 is 2.26 bits per heavy atom. The van der Waals surface area contributed by atoms with Gasteiger partial charge in [0.2, 0.25) is 11.7 Å². The first-order valence-corrected chi connectivity index (χ1v) is 7.38. The van der Waals surface area contributed by atoms with Crippen molar-refractivity contribution in [1.29, 1.82) is 0 Å². The van der Waals surface area contributed by atoms with Crippen molar-refractivity contribution in [3.05, 3.63) is 11.7 Å². The van der Waals surface area contributed by atoms with E-state index in [0.717, 1.165) is 45.3 Å². The monoisotopic (exact) mass is 267 g/mol. The van der Waals surface area contributed by atoms with E-state index in [9.17, 15) is 0 Å². The topological polar surface area (TPSA) is 60.2 Å². The lowest BCUT2D eigenvalue weighted by Crippen LogP contribution is -2.31. The van der Waals surface area contributed by atoms with E-state index in [2.05, 4.69) is 29.3 Å². The summed E-state index contributed by atoms with van der Waals surface area (Å²) >= 11 is 0. The summed E-state index contributed by atoms with van der Waals surface area (Å²) in [6.07, 6.45) is 5.11. The van der Waals surface area contributed by atoms with Crippen LogP contribution in [0.5, 0.6) is 0 Å². The van der Waals surface area contributed by atoms with Crippen molar-refractivity contribution in [2.75, 3.05) is 13.2 Å². The van der Waals surface area contributed by atoms with Gasteiger partial charge < -0.3 is 14.6 Å². The summed E-state index contributed by atoms with van der Waals surface area (Å²) in [5.74, 6) is 1.41. The fourth-order valence-electron chi connectivity index (χ4n) is 2.63. The molecule has 1 N–H and O–H groups in total. The molecule has 5 nitrogen and oxygen atoms in total. The second-order valence-electron chi connectivity index (χ2n) is 5.44. The Hall–Kier alpha value is -0.940. The van der Waals surface area contributed by atoms with Gasteiger partial charge in [0.1, 0.15) is 5.60 Å². The maximum absolute atomic E-state index is 5.74. The lowest BCUT2D eigenvalue weighted by molar-refractivity contribution is 0.00768. The molecule has 2 atom stereocenters. The van der Waals surface area contributed by atoms with Crippen LogP contribution in [0.1, 0.15) is 58.2 Å². The van der Waals surface area contributed by atoms with Crippen LogP contribution in [0.2, 0.25) is 0 Å². The minimum atomic E-state index is -0.347. The molecule has 19 heavy (non-hydrogen) atoms. The second-order valence-corrected chi connectivity index (χ2v) is 5.44. The summed E-state index contributed by atoms with van der Waals surface area (Å²) < 4.78 is 11.1. The van der Waals surface area contributed by atoms with Crippen molar-refractivity contribution in [2.24, 2.45) is 0 Å². The van der Waals surface area contributed by atoms with Crippen molar-refractivity contribution in [3.63, 3.8) is 0 Å². The molecule has 1 aliphatic heterocycles. The number of rotatable bonds is 7. The molecule has 0 aliphatic carbocycles. The minimum absolute atomic E-state index is 0.347. The number of nitrogens with one attached hydrogen (secondary N) is 1. The molecule has 2 heterocycles. The van der Waals surface area contributed by atoms with Crippen LogP contribution in [0.25, 0.3) is 0 Å². The highest BCUT2D eigenvalue weighted by atomic mass is 16.5. The summed E-state index contributed by atoms with van der Waals surface area (Å²) in [4.78, 5) is 4.53. The van der Waals surface area contributed by atoms with Crippen LogP contribution >= 0.6 is 0 Å². The van der Waals surface area contributed by atoms with Gasteiger partial charge in [0, 0.05) is 19.1 Å². The molecule has 0 aromatic carbocycles. The van der Waals surface area contributed by atoms with Crippen LogP contribution in [0, 0.1) is 0 Å². The molecule has 5 heteroatoms.